The Labute approximate surface area is 353 Å². The fraction of sp³-hybridized carbons (Fsp3) is 0.356. The Bertz CT molecular complexity index is 2510. The number of fused-ring (bicyclic) bond motifs is 4. The molecule has 0 radical (unpaired) electrons. The number of benzene rings is 3. The van der Waals surface area contributed by atoms with E-state index in [2.05, 4.69) is 20.4 Å². The number of anilines is 2. The minimum absolute atomic E-state index is 0.0267. The third-order valence-corrected chi connectivity index (χ3v) is 17.0. The van der Waals surface area contributed by atoms with E-state index in [0.29, 0.717) is 0 Å². The van der Waals surface area contributed by atoms with E-state index in [9.17, 15) is 5.11 Å². The van der Waals surface area contributed by atoms with E-state index < -0.39 is 60.0 Å². The molecule has 3 aliphatic carbocycles. The van der Waals surface area contributed by atoms with E-state index in [-0.39, 0.29) is 82.4 Å². The Kier molecular flexibility index (Phi) is 10.7. The number of hydrogen-bond acceptors (Lipinski definition) is 12. The smallest absolute Gasteiger partial charge is 0.265 e. The van der Waals surface area contributed by atoms with Gasteiger partial charge in [0, 0.05) is 29.2 Å². The van der Waals surface area contributed by atoms with Crippen LogP contribution in [0.15, 0.2) is 95.0 Å². The second-order valence-electron chi connectivity index (χ2n) is 17.4. The number of aromatic nitrogens is 3. The first kappa shape index (κ1) is 41.3. The lowest BCUT2D eigenvalue weighted by atomic mass is 9.58. The number of aliphatic hydroxyl groups is 1. The second kappa shape index (κ2) is 15.6. The maximum absolute atomic E-state index is 16.6. The number of carbonyl (C=O) groups excluding carboxylic acids is 2. The van der Waals surface area contributed by atoms with Crippen molar-refractivity contribution in [2.75, 3.05) is 19.4 Å². The predicted octanol–water partition coefficient (Wildman–Crippen LogP) is 9.61. The number of ketones is 2. The number of nitrogens with zero attached hydrogens (tertiary/aromatic N) is 4. The van der Waals surface area contributed by atoms with E-state index in [1.54, 1.807) is 0 Å². The quantitative estimate of drug-likeness (QED) is 0.0963. The molecule has 3 aliphatic rings. The van der Waals surface area contributed by atoms with Crippen LogP contribution in [0.4, 0.5) is 15.9 Å². The lowest BCUT2D eigenvalue weighted by molar-refractivity contribution is -0.0481. The Balaban J connectivity index is 1.32. The summed E-state index contributed by atoms with van der Waals surface area (Å²) in [5.41, 5.74) is -0.223. The highest BCUT2D eigenvalue weighted by Crippen LogP contribution is 2.60. The normalized spacial score (nSPS) is 21.3. The third kappa shape index (κ3) is 7.08. The SMILES string of the molecule is CN(C)[C@@H]1c2onc(OCc3ccccc3)c2C(=O)C2(O[Si](C)(C)C(C)(C)C)C(O)=C3C(=O)c4c(c(F)cc(Nc5cc(Cl)ncn5)c4OCc4ccccc4)C[C@H]3C[C@@H]12. The zero-order valence-corrected chi connectivity index (χ0v) is 36.3. The maximum atomic E-state index is 16.6. The highest BCUT2D eigenvalue weighted by Gasteiger charge is 2.67. The molecule has 2 heterocycles. The van der Waals surface area contributed by atoms with Gasteiger partial charge in [-0.1, -0.05) is 93.0 Å². The molecule has 2 aromatic heterocycles. The van der Waals surface area contributed by atoms with Crippen LogP contribution in [0.1, 0.15) is 76.4 Å². The average molecular weight is 852 g/mol. The minimum Gasteiger partial charge on any atom is -0.508 e. The summed E-state index contributed by atoms with van der Waals surface area (Å²) in [6, 6.07) is 20.9. The van der Waals surface area contributed by atoms with Gasteiger partial charge in [0.15, 0.2) is 31.2 Å². The molecule has 5 aromatic rings. The van der Waals surface area contributed by atoms with Crippen LogP contribution in [0.25, 0.3) is 0 Å². The third-order valence-electron chi connectivity index (χ3n) is 12.4. The van der Waals surface area contributed by atoms with Gasteiger partial charge < -0.3 is 28.8 Å². The van der Waals surface area contributed by atoms with Gasteiger partial charge in [-0.05, 0) is 67.3 Å². The van der Waals surface area contributed by atoms with Crippen LogP contribution in [0.3, 0.4) is 0 Å². The zero-order chi connectivity index (χ0) is 42.7. The van der Waals surface area contributed by atoms with Crippen LogP contribution in [-0.2, 0) is 24.1 Å². The lowest BCUT2D eigenvalue weighted by Gasteiger charge is -2.55. The summed E-state index contributed by atoms with van der Waals surface area (Å²) in [5.74, 6) is -3.39. The summed E-state index contributed by atoms with van der Waals surface area (Å²) in [7, 11) is 0.719. The molecule has 60 heavy (non-hydrogen) atoms. The molecule has 0 amide bonds. The largest absolute Gasteiger partial charge is 0.508 e. The Morgan fingerprint density at radius 2 is 1.63 bits per heavy atom. The Morgan fingerprint density at radius 1 is 0.983 bits per heavy atom. The molecular formula is C45H47ClFN5O7Si. The highest BCUT2D eigenvalue weighted by molar-refractivity contribution is 6.74. The van der Waals surface area contributed by atoms with Crippen molar-refractivity contribution in [3.05, 3.63) is 135 Å². The molecule has 1 unspecified atom stereocenters. The van der Waals surface area contributed by atoms with E-state index in [0.717, 1.165) is 11.1 Å². The van der Waals surface area contributed by atoms with Gasteiger partial charge in [0.1, 0.15) is 47.7 Å². The molecule has 2 N–H and O–H groups in total. The van der Waals surface area contributed by atoms with Crippen LogP contribution in [0, 0.1) is 17.7 Å². The fourth-order valence-electron chi connectivity index (χ4n) is 8.48. The number of carbonyl (C=O) groups is 2. The van der Waals surface area contributed by atoms with Crippen molar-refractivity contribution in [3.63, 3.8) is 0 Å². The summed E-state index contributed by atoms with van der Waals surface area (Å²) in [6.07, 6.45) is 1.46. The topological polar surface area (TPSA) is 149 Å². The first-order chi connectivity index (χ1) is 28.5. The second-order valence-corrected chi connectivity index (χ2v) is 22.5. The average Bonchev–Trinajstić information content (AvgIpc) is 3.62. The number of hydrogen-bond donors (Lipinski definition) is 2. The molecule has 12 nitrogen and oxygen atoms in total. The van der Waals surface area contributed by atoms with Gasteiger partial charge >= 0.3 is 0 Å². The van der Waals surface area contributed by atoms with Crippen molar-refractivity contribution in [1.29, 1.82) is 0 Å². The zero-order valence-electron chi connectivity index (χ0n) is 34.5. The summed E-state index contributed by atoms with van der Waals surface area (Å²) in [5, 5.41) is 20.1. The van der Waals surface area contributed by atoms with Gasteiger partial charge in [-0.15, -0.1) is 0 Å². The van der Waals surface area contributed by atoms with Gasteiger partial charge in [-0.2, -0.15) is 0 Å². The molecule has 3 aromatic carbocycles. The van der Waals surface area contributed by atoms with Gasteiger partial charge in [0.05, 0.1) is 17.3 Å². The van der Waals surface area contributed by atoms with E-state index in [4.69, 9.17) is 30.0 Å². The molecule has 312 valence electrons. The summed E-state index contributed by atoms with van der Waals surface area (Å²) < 4.78 is 42.5. The number of Topliss-reactive ketones (excluding diaryl/α,β-unsaturated/α-hetero) is 2. The van der Waals surface area contributed by atoms with Crippen molar-refractivity contribution in [2.24, 2.45) is 11.8 Å². The molecule has 0 aliphatic heterocycles. The number of allylic oxidation sites excluding steroid dienone is 1. The van der Waals surface area contributed by atoms with Gasteiger partial charge in [0.2, 0.25) is 5.78 Å². The highest BCUT2D eigenvalue weighted by atomic mass is 35.5. The molecule has 0 fully saturated rings. The molecule has 0 bridgehead atoms. The number of halogens is 2. The molecule has 4 atom stereocenters. The van der Waals surface area contributed by atoms with Crippen molar-refractivity contribution < 1.29 is 37.5 Å². The number of nitrogens with one attached hydrogen (secondary N) is 1. The van der Waals surface area contributed by atoms with E-state index in [1.165, 1.54) is 18.5 Å². The summed E-state index contributed by atoms with van der Waals surface area (Å²) >= 11 is 6.18. The molecule has 0 saturated carbocycles. The molecule has 0 spiro atoms. The van der Waals surface area contributed by atoms with Gasteiger partial charge in [-0.25, -0.2) is 14.4 Å². The Morgan fingerprint density at radius 3 is 2.25 bits per heavy atom. The summed E-state index contributed by atoms with van der Waals surface area (Å²) in [4.78, 5) is 41.0. The number of aliphatic hydroxyl groups excluding tert-OH is 1. The first-order valence-electron chi connectivity index (χ1n) is 19.8. The van der Waals surface area contributed by atoms with Gasteiger partial charge in [-0.3, -0.25) is 14.5 Å². The minimum atomic E-state index is -2.98. The monoisotopic (exact) mass is 851 g/mol. The van der Waals surface area contributed by atoms with Gasteiger partial charge in [0.25, 0.3) is 5.88 Å². The van der Waals surface area contributed by atoms with Crippen molar-refractivity contribution >= 4 is 43.0 Å². The molecular weight excluding hydrogens is 805 g/mol. The van der Waals surface area contributed by atoms with Crippen LogP contribution < -0.4 is 14.8 Å². The molecule has 8 rings (SSSR count). The van der Waals surface area contributed by atoms with Crippen molar-refractivity contribution in [3.8, 4) is 11.6 Å². The van der Waals surface area contributed by atoms with E-state index in [1.807, 2.05) is 114 Å². The Hall–Kier alpha value is -5.41. The van der Waals surface area contributed by atoms with Crippen molar-refractivity contribution in [2.45, 2.75) is 76.6 Å². The fourth-order valence-corrected chi connectivity index (χ4v) is 10.1. The van der Waals surface area contributed by atoms with Crippen molar-refractivity contribution in [1.82, 2.24) is 20.0 Å². The first-order valence-corrected chi connectivity index (χ1v) is 23.1. The van der Waals surface area contributed by atoms with Crippen LogP contribution in [-0.4, -0.2) is 64.7 Å². The number of rotatable bonds is 11. The summed E-state index contributed by atoms with van der Waals surface area (Å²) in [6.45, 7) is 10.2. The molecule has 0 saturated heterocycles. The standard InChI is InChI=1S/C45H47ClFN5O7Si/c1-44(2,3)60(6,7)59-45-29(37(52(4)5)40-36(42(45)55)43(51-58-40)57-23-26-16-12-9-13-17-26)19-27-18-28-30(47)20-31(50-33-21-32(46)48-24-49-33)39(35(28)38(53)34(27)41(45)54)56-22-25-14-10-8-11-15-25/h8-17,20-21,24,27,29,37,54H,18-19,22-23H2,1-7H3,(H,48,49,50)/t27-,29-,37-,45?/m0/s1. The number of ether oxygens (including phenoxy) is 2. The lowest BCUT2D eigenvalue weighted by Crippen LogP contribution is -2.65. The van der Waals surface area contributed by atoms with Crippen LogP contribution >= 0.6 is 11.6 Å². The van der Waals surface area contributed by atoms with Crippen LogP contribution in [0.2, 0.25) is 23.3 Å². The predicted molar refractivity (Wildman–Crippen MR) is 226 cm³/mol. The van der Waals surface area contributed by atoms with Crippen LogP contribution in [0.5, 0.6) is 11.6 Å². The maximum Gasteiger partial charge on any atom is 0.265 e. The molecule has 15 heteroatoms. The van der Waals surface area contributed by atoms with E-state index >= 15 is 14.0 Å².